The predicted molar refractivity (Wildman–Crippen MR) is 284 cm³/mol. The van der Waals surface area contributed by atoms with Crippen LogP contribution in [0.1, 0.15) is 258 Å². The molecule has 0 saturated heterocycles. The number of hydrogen-bond acceptors (Lipinski definition) is 6. The first kappa shape index (κ1) is 64.5. The second-order valence-corrected chi connectivity index (χ2v) is 21.7. The lowest BCUT2D eigenvalue weighted by atomic mass is 10.0. The average molecular weight is 949 g/mol. The lowest BCUT2D eigenvalue weighted by molar-refractivity contribution is -0.870. The van der Waals surface area contributed by atoms with E-state index in [9.17, 15) is 19.4 Å². The van der Waals surface area contributed by atoms with Crippen molar-refractivity contribution in [2.45, 2.75) is 270 Å². The zero-order valence-corrected chi connectivity index (χ0v) is 45.0. The molecule has 0 aromatic heterocycles. The van der Waals surface area contributed by atoms with Crippen molar-refractivity contribution < 1.29 is 32.9 Å². The Balaban J connectivity index is 3.88. The smallest absolute Gasteiger partial charge is 0.268 e. The third-order valence-electron chi connectivity index (χ3n) is 12.6. The molecular weight excluding hydrogens is 840 g/mol. The number of phosphoric ester groups is 1. The quantitative estimate of drug-likeness (QED) is 0.0272. The molecule has 8 nitrogen and oxygen atoms in total. The molecule has 0 spiro atoms. The van der Waals surface area contributed by atoms with Crippen molar-refractivity contribution in [2.75, 3.05) is 40.9 Å². The fourth-order valence-corrected chi connectivity index (χ4v) is 8.91. The van der Waals surface area contributed by atoms with Crippen LogP contribution in [0, 0.1) is 0 Å². The fourth-order valence-electron chi connectivity index (χ4n) is 8.19. The number of allylic oxidation sites excluding steroid dienone is 7. The van der Waals surface area contributed by atoms with Crippen LogP contribution in [0.15, 0.2) is 48.6 Å². The first-order valence-electron chi connectivity index (χ1n) is 28.0. The highest BCUT2D eigenvalue weighted by Gasteiger charge is 2.23. The molecule has 66 heavy (non-hydrogen) atoms. The van der Waals surface area contributed by atoms with Crippen LogP contribution in [-0.2, 0) is 18.4 Å². The van der Waals surface area contributed by atoms with E-state index >= 15 is 0 Å². The molecule has 0 aliphatic carbocycles. The number of nitrogens with one attached hydrogen (secondary N) is 1. The van der Waals surface area contributed by atoms with Crippen LogP contribution >= 0.6 is 7.82 Å². The molecule has 2 N–H and O–H groups in total. The van der Waals surface area contributed by atoms with E-state index in [2.05, 4.69) is 42.6 Å². The number of carbonyl (C=O) groups is 1. The predicted octanol–water partition coefficient (Wildman–Crippen LogP) is 16.1. The number of rotatable bonds is 51. The van der Waals surface area contributed by atoms with Gasteiger partial charge in [-0.15, -0.1) is 0 Å². The Morgan fingerprint density at radius 1 is 0.545 bits per heavy atom. The fraction of sp³-hybridized carbons (Fsp3) is 0.842. The van der Waals surface area contributed by atoms with Gasteiger partial charge in [-0.25, -0.2) is 0 Å². The van der Waals surface area contributed by atoms with Gasteiger partial charge in [0, 0.05) is 6.42 Å². The van der Waals surface area contributed by atoms with Crippen molar-refractivity contribution in [3.63, 3.8) is 0 Å². The van der Waals surface area contributed by atoms with E-state index in [-0.39, 0.29) is 12.5 Å². The Bertz CT molecular complexity index is 1210. The van der Waals surface area contributed by atoms with Crippen LogP contribution in [0.5, 0.6) is 0 Å². The maximum absolute atomic E-state index is 12.9. The van der Waals surface area contributed by atoms with Crippen molar-refractivity contribution >= 4 is 13.7 Å². The summed E-state index contributed by atoms with van der Waals surface area (Å²) in [6, 6.07) is -0.907. The summed E-state index contributed by atoms with van der Waals surface area (Å²) in [6.45, 7) is 4.40. The Morgan fingerprint density at radius 3 is 1.32 bits per heavy atom. The molecule has 0 heterocycles. The number of amides is 1. The minimum absolute atomic E-state index is 0.00941. The SMILES string of the molecule is C/C=C/CC/C=C/CC/C=C/C(O)C(COP(=O)([O-])OCC[N+](C)(C)C)NC(=O)CCCCCCCCCCCCCCCCCCC/C=C\CCCCCCCCCCCCCCCC. The number of likely N-dealkylation sites (N-methyl/N-ethyl adjacent to an activating group) is 1. The van der Waals surface area contributed by atoms with Gasteiger partial charge < -0.3 is 28.8 Å². The first-order chi connectivity index (χ1) is 32.0. The zero-order valence-electron chi connectivity index (χ0n) is 44.1. The van der Waals surface area contributed by atoms with E-state index in [1.807, 2.05) is 40.2 Å². The summed E-state index contributed by atoms with van der Waals surface area (Å²) < 4.78 is 23.2. The molecule has 3 atom stereocenters. The Hall–Kier alpha value is -1.54. The molecule has 0 aromatic rings. The van der Waals surface area contributed by atoms with E-state index in [4.69, 9.17) is 9.05 Å². The van der Waals surface area contributed by atoms with Crippen LogP contribution in [0.25, 0.3) is 0 Å². The number of carbonyl (C=O) groups excluding carboxylic acids is 1. The molecule has 9 heteroatoms. The van der Waals surface area contributed by atoms with Gasteiger partial charge in [0.25, 0.3) is 7.82 Å². The zero-order chi connectivity index (χ0) is 48.5. The van der Waals surface area contributed by atoms with Crippen molar-refractivity contribution in [3.05, 3.63) is 48.6 Å². The topological polar surface area (TPSA) is 108 Å². The second kappa shape index (κ2) is 48.5. The van der Waals surface area contributed by atoms with Gasteiger partial charge in [0.1, 0.15) is 13.2 Å². The number of hydrogen-bond donors (Lipinski definition) is 2. The summed E-state index contributed by atoms with van der Waals surface area (Å²) in [5.41, 5.74) is 0. The number of aliphatic hydroxyl groups excluding tert-OH is 1. The molecule has 0 saturated carbocycles. The Kier molecular flexibility index (Phi) is 47.4. The van der Waals surface area contributed by atoms with Gasteiger partial charge >= 0.3 is 0 Å². The Morgan fingerprint density at radius 2 is 0.909 bits per heavy atom. The molecule has 1 amide bonds. The molecule has 0 aromatic carbocycles. The highest BCUT2D eigenvalue weighted by atomic mass is 31.2. The molecule has 0 aliphatic rings. The van der Waals surface area contributed by atoms with Crippen LogP contribution < -0.4 is 10.2 Å². The summed E-state index contributed by atoms with van der Waals surface area (Å²) >= 11 is 0. The minimum atomic E-state index is -4.60. The van der Waals surface area contributed by atoms with E-state index in [0.717, 1.165) is 44.9 Å². The van der Waals surface area contributed by atoms with Crippen molar-refractivity contribution in [1.82, 2.24) is 5.32 Å². The van der Waals surface area contributed by atoms with E-state index in [1.165, 1.54) is 193 Å². The Labute approximate surface area is 409 Å². The molecule has 0 fully saturated rings. The normalized spacial score (nSPS) is 14.3. The van der Waals surface area contributed by atoms with E-state index in [1.54, 1.807) is 6.08 Å². The average Bonchev–Trinajstić information content (AvgIpc) is 3.28. The van der Waals surface area contributed by atoms with Crippen LogP contribution in [0.3, 0.4) is 0 Å². The van der Waals surface area contributed by atoms with Gasteiger partial charge in [-0.3, -0.25) is 9.36 Å². The number of unbranched alkanes of at least 4 members (excludes halogenated alkanes) is 33. The van der Waals surface area contributed by atoms with Crippen LogP contribution in [0.4, 0.5) is 0 Å². The lowest BCUT2D eigenvalue weighted by Gasteiger charge is -2.29. The summed E-state index contributed by atoms with van der Waals surface area (Å²) in [7, 11) is 1.23. The lowest BCUT2D eigenvalue weighted by Crippen LogP contribution is -2.45. The van der Waals surface area contributed by atoms with Gasteiger partial charge in [-0.05, 0) is 64.7 Å². The number of quaternary nitrogens is 1. The molecule has 388 valence electrons. The molecule has 0 rings (SSSR count). The molecule has 0 aliphatic heterocycles. The summed E-state index contributed by atoms with van der Waals surface area (Å²) in [5.74, 6) is -0.213. The second-order valence-electron chi connectivity index (χ2n) is 20.3. The highest BCUT2D eigenvalue weighted by molar-refractivity contribution is 7.45. The molecular formula is C57H109N2O6P. The maximum atomic E-state index is 12.9. The van der Waals surface area contributed by atoms with Gasteiger partial charge in [0.05, 0.1) is 39.9 Å². The van der Waals surface area contributed by atoms with Crippen molar-refractivity contribution in [2.24, 2.45) is 0 Å². The molecule has 3 unspecified atom stereocenters. The number of aliphatic hydroxyl groups is 1. The van der Waals surface area contributed by atoms with Crippen LogP contribution in [0.2, 0.25) is 0 Å². The van der Waals surface area contributed by atoms with E-state index in [0.29, 0.717) is 17.4 Å². The number of phosphoric acid groups is 1. The maximum Gasteiger partial charge on any atom is 0.268 e. The summed E-state index contributed by atoms with van der Waals surface area (Å²) in [5, 5.41) is 13.7. The third kappa shape index (κ3) is 50.3. The standard InChI is InChI=1S/C57H109N2O6P/c1-6-8-10-12-14-16-17-18-19-20-21-22-23-24-25-26-27-28-29-30-31-32-33-34-35-36-37-38-39-40-41-43-45-47-49-51-57(61)58-55(54-65-66(62,63)64-53-52-59(3,4)5)56(60)50-48-46-44-42-15-13-11-9-7-2/h7,9,15,26-27,42,48,50,55-56,60H,6,8,10-14,16-25,28-41,43-47,49,51-54H2,1-5H3,(H-,58,61,62,63)/b9-7+,27-26-,42-15+,50-48+. The largest absolute Gasteiger partial charge is 0.756 e. The number of nitrogens with zero attached hydrogens (tertiary/aromatic N) is 1. The third-order valence-corrected chi connectivity index (χ3v) is 13.5. The van der Waals surface area contributed by atoms with Crippen molar-refractivity contribution in [3.8, 4) is 0 Å². The summed E-state index contributed by atoms with van der Waals surface area (Å²) in [6.07, 6.45) is 64.0. The molecule has 0 bridgehead atoms. The minimum Gasteiger partial charge on any atom is -0.756 e. The van der Waals surface area contributed by atoms with Crippen LogP contribution in [-0.4, -0.2) is 68.5 Å². The summed E-state index contributed by atoms with van der Waals surface area (Å²) in [4.78, 5) is 25.3. The van der Waals surface area contributed by atoms with E-state index < -0.39 is 26.6 Å². The van der Waals surface area contributed by atoms with Gasteiger partial charge in [0.2, 0.25) is 5.91 Å². The van der Waals surface area contributed by atoms with Gasteiger partial charge in [-0.2, -0.15) is 0 Å². The van der Waals surface area contributed by atoms with Gasteiger partial charge in [0.15, 0.2) is 0 Å². The van der Waals surface area contributed by atoms with Gasteiger partial charge in [-0.1, -0.05) is 235 Å². The highest BCUT2D eigenvalue weighted by Crippen LogP contribution is 2.38. The van der Waals surface area contributed by atoms with Crippen molar-refractivity contribution in [1.29, 1.82) is 0 Å². The molecule has 0 radical (unpaired) electrons. The monoisotopic (exact) mass is 949 g/mol. The first-order valence-corrected chi connectivity index (χ1v) is 29.4.